The highest BCUT2D eigenvalue weighted by molar-refractivity contribution is 5.37. The Labute approximate surface area is 104 Å². The van der Waals surface area contributed by atoms with Crippen LogP contribution in [0.5, 0.6) is 0 Å². The largest absolute Gasteiger partial charge is 0.387 e. The van der Waals surface area contributed by atoms with Crippen LogP contribution in [0.4, 0.5) is 14.5 Å². The van der Waals surface area contributed by atoms with E-state index in [4.69, 9.17) is 0 Å². The molecule has 0 aliphatic heterocycles. The van der Waals surface area contributed by atoms with Crippen molar-refractivity contribution < 1.29 is 8.78 Å². The quantitative estimate of drug-likeness (QED) is 0.902. The highest BCUT2D eigenvalue weighted by Gasteiger charge is 2.36. The topological polar surface area (TPSA) is 46.9 Å². The molecule has 1 unspecified atom stereocenters. The highest BCUT2D eigenvalue weighted by atomic mass is 19.3. The fourth-order valence-electron chi connectivity index (χ4n) is 2.38. The normalized spacial score (nSPS) is 22.7. The molecule has 1 N–H and O–H groups in total. The standard InChI is InChI=1S/C12H17F2N3O/c1-15-10-5-11(18)17(16-7-10)8-9-3-2-4-12(13,14)6-9/h5,7,9,15H,2-4,6,8H2,1H3. The van der Waals surface area contributed by atoms with E-state index in [1.54, 1.807) is 7.05 Å². The number of nitrogens with one attached hydrogen (secondary N) is 1. The molecule has 100 valence electrons. The molecule has 1 aromatic rings. The summed E-state index contributed by atoms with van der Waals surface area (Å²) in [6.45, 7) is 0.276. The zero-order valence-electron chi connectivity index (χ0n) is 10.3. The van der Waals surface area contributed by atoms with E-state index < -0.39 is 5.92 Å². The Morgan fingerprint density at radius 2 is 2.39 bits per heavy atom. The summed E-state index contributed by atoms with van der Waals surface area (Å²) in [6.07, 6.45) is 2.60. The Kier molecular flexibility index (Phi) is 3.63. The molecule has 0 aromatic carbocycles. The molecule has 18 heavy (non-hydrogen) atoms. The zero-order valence-corrected chi connectivity index (χ0v) is 10.3. The first-order valence-corrected chi connectivity index (χ1v) is 6.13. The molecule has 1 fully saturated rings. The summed E-state index contributed by atoms with van der Waals surface area (Å²) in [5, 5.41) is 6.80. The van der Waals surface area contributed by atoms with Crippen LogP contribution in [0.25, 0.3) is 0 Å². The molecule has 1 saturated carbocycles. The van der Waals surface area contributed by atoms with Crippen LogP contribution in [-0.2, 0) is 6.54 Å². The van der Waals surface area contributed by atoms with Crippen molar-refractivity contribution in [3.8, 4) is 0 Å². The molecule has 0 spiro atoms. The second kappa shape index (κ2) is 5.04. The van der Waals surface area contributed by atoms with Crippen LogP contribution in [0.2, 0.25) is 0 Å². The SMILES string of the molecule is CNc1cnn(CC2CCCC(F)(F)C2)c(=O)c1. The molecule has 6 heteroatoms. The first-order valence-electron chi connectivity index (χ1n) is 6.13. The van der Waals surface area contributed by atoms with Gasteiger partial charge in [0, 0.05) is 32.5 Å². The third-order valence-corrected chi connectivity index (χ3v) is 3.33. The first-order chi connectivity index (χ1) is 8.50. The Hall–Kier alpha value is -1.46. The predicted octanol–water partition coefficient (Wildman–Crippen LogP) is 2.11. The third kappa shape index (κ3) is 3.05. The fraction of sp³-hybridized carbons (Fsp3) is 0.667. The Morgan fingerprint density at radius 3 is 3.00 bits per heavy atom. The predicted molar refractivity (Wildman–Crippen MR) is 64.9 cm³/mol. The van der Waals surface area contributed by atoms with Crippen LogP contribution in [0.3, 0.4) is 0 Å². The number of nitrogens with zero attached hydrogens (tertiary/aromatic N) is 2. The third-order valence-electron chi connectivity index (χ3n) is 3.33. The van der Waals surface area contributed by atoms with Gasteiger partial charge < -0.3 is 5.32 Å². The second-order valence-corrected chi connectivity index (χ2v) is 4.83. The number of hydrogen-bond donors (Lipinski definition) is 1. The molecule has 0 saturated heterocycles. The summed E-state index contributed by atoms with van der Waals surface area (Å²) in [7, 11) is 1.70. The Morgan fingerprint density at radius 1 is 1.61 bits per heavy atom. The maximum Gasteiger partial charge on any atom is 0.268 e. The van der Waals surface area contributed by atoms with Gasteiger partial charge in [0.05, 0.1) is 11.9 Å². The van der Waals surface area contributed by atoms with Gasteiger partial charge >= 0.3 is 0 Å². The van der Waals surface area contributed by atoms with Gasteiger partial charge in [0.25, 0.3) is 5.56 Å². The molecule has 1 aliphatic rings. The van der Waals surface area contributed by atoms with Gasteiger partial charge in [0.2, 0.25) is 5.92 Å². The number of halogens is 2. The molecule has 4 nitrogen and oxygen atoms in total. The molecule has 1 atom stereocenters. The molecule has 1 aliphatic carbocycles. The van der Waals surface area contributed by atoms with Gasteiger partial charge in [0.1, 0.15) is 0 Å². The Balaban J connectivity index is 2.07. The number of rotatable bonds is 3. The number of hydrogen-bond acceptors (Lipinski definition) is 3. The van der Waals surface area contributed by atoms with Gasteiger partial charge in [-0.3, -0.25) is 4.79 Å². The van der Waals surface area contributed by atoms with Gasteiger partial charge in [-0.05, 0) is 18.8 Å². The summed E-state index contributed by atoms with van der Waals surface area (Å²) >= 11 is 0. The zero-order chi connectivity index (χ0) is 13.2. The smallest absolute Gasteiger partial charge is 0.268 e. The van der Waals surface area contributed by atoms with Crippen molar-refractivity contribution in [3.63, 3.8) is 0 Å². The summed E-state index contributed by atoms with van der Waals surface area (Å²) in [4.78, 5) is 11.7. The average molecular weight is 257 g/mol. The van der Waals surface area contributed by atoms with Gasteiger partial charge in [-0.15, -0.1) is 0 Å². The lowest BCUT2D eigenvalue weighted by Gasteiger charge is -2.28. The van der Waals surface area contributed by atoms with Crippen molar-refractivity contribution in [2.24, 2.45) is 5.92 Å². The van der Waals surface area contributed by atoms with Crippen LogP contribution >= 0.6 is 0 Å². The van der Waals surface area contributed by atoms with Crippen LogP contribution < -0.4 is 10.9 Å². The van der Waals surface area contributed by atoms with E-state index in [-0.39, 0.29) is 30.9 Å². The fourth-order valence-corrected chi connectivity index (χ4v) is 2.38. The second-order valence-electron chi connectivity index (χ2n) is 4.83. The molecule has 2 rings (SSSR count). The van der Waals surface area contributed by atoms with E-state index in [1.165, 1.54) is 16.9 Å². The minimum absolute atomic E-state index is 0.0372. The van der Waals surface area contributed by atoms with E-state index in [9.17, 15) is 13.6 Å². The lowest BCUT2D eigenvalue weighted by Crippen LogP contribution is -2.32. The molecular weight excluding hydrogens is 240 g/mol. The Bertz CT molecular complexity index is 473. The lowest BCUT2D eigenvalue weighted by atomic mass is 9.86. The number of anilines is 1. The van der Waals surface area contributed by atoms with Crippen LogP contribution in [0.1, 0.15) is 25.7 Å². The summed E-state index contributed by atoms with van der Waals surface area (Å²) in [5.74, 6) is -2.75. The number of aromatic nitrogens is 2. The molecule has 0 amide bonds. The average Bonchev–Trinajstić information content (AvgIpc) is 2.30. The molecular formula is C12H17F2N3O. The summed E-state index contributed by atoms with van der Waals surface area (Å²) in [5.41, 5.74) is 0.376. The van der Waals surface area contributed by atoms with Crippen LogP contribution in [0.15, 0.2) is 17.1 Å². The molecule has 1 heterocycles. The van der Waals surface area contributed by atoms with Gasteiger partial charge in [-0.1, -0.05) is 0 Å². The van der Waals surface area contributed by atoms with E-state index in [1.807, 2.05) is 0 Å². The maximum absolute atomic E-state index is 13.3. The van der Waals surface area contributed by atoms with E-state index in [0.29, 0.717) is 12.1 Å². The van der Waals surface area contributed by atoms with E-state index in [0.717, 1.165) is 6.42 Å². The van der Waals surface area contributed by atoms with Gasteiger partial charge in [-0.2, -0.15) is 5.10 Å². The van der Waals surface area contributed by atoms with Gasteiger partial charge in [-0.25, -0.2) is 13.5 Å². The molecule has 1 aromatic heterocycles. The van der Waals surface area contributed by atoms with Crippen molar-refractivity contribution in [2.75, 3.05) is 12.4 Å². The monoisotopic (exact) mass is 257 g/mol. The van der Waals surface area contributed by atoms with Crippen molar-refractivity contribution in [1.29, 1.82) is 0 Å². The van der Waals surface area contributed by atoms with Crippen LogP contribution in [0, 0.1) is 5.92 Å². The highest BCUT2D eigenvalue weighted by Crippen LogP contribution is 2.36. The van der Waals surface area contributed by atoms with Crippen molar-refractivity contribution in [2.45, 2.75) is 38.2 Å². The maximum atomic E-state index is 13.3. The summed E-state index contributed by atoms with van der Waals surface area (Å²) in [6, 6.07) is 1.42. The summed E-state index contributed by atoms with van der Waals surface area (Å²) < 4.78 is 27.8. The van der Waals surface area contributed by atoms with Gasteiger partial charge in [0.15, 0.2) is 0 Å². The van der Waals surface area contributed by atoms with Crippen molar-refractivity contribution in [1.82, 2.24) is 9.78 Å². The lowest BCUT2D eigenvalue weighted by molar-refractivity contribution is -0.0553. The van der Waals surface area contributed by atoms with Crippen molar-refractivity contribution in [3.05, 3.63) is 22.6 Å². The molecule has 0 radical (unpaired) electrons. The van der Waals surface area contributed by atoms with E-state index in [2.05, 4.69) is 10.4 Å². The van der Waals surface area contributed by atoms with E-state index >= 15 is 0 Å². The first kappa shape index (κ1) is 13.0. The molecule has 0 bridgehead atoms. The van der Waals surface area contributed by atoms with Crippen molar-refractivity contribution >= 4 is 5.69 Å². The van der Waals surface area contributed by atoms with Crippen LogP contribution in [-0.4, -0.2) is 22.8 Å². The minimum Gasteiger partial charge on any atom is -0.387 e. The minimum atomic E-state index is -2.59. The number of alkyl halides is 2.